The van der Waals surface area contributed by atoms with Gasteiger partial charge in [-0.05, 0) is 40.5 Å². The highest BCUT2D eigenvalue weighted by Crippen LogP contribution is 2.28. The van der Waals surface area contributed by atoms with Gasteiger partial charge in [0, 0.05) is 16.6 Å². The van der Waals surface area contributed by atoms with E-state index in [0.717, 1.165) is 10.9 Å². The lowest BCUT2D eigenvalue weighted by Gasteiger charge is -2.08. The number of hydrogen-bond acceptors (Lipinski definition) is 4. The Morgan fingerprint density at radius 2 is 2.10 bits per heavy atom. The van der Waals surface area contributed by atoms with Gasteiger partial charge in [0.25, 0.3) is 15.2 Å². The lowest BCUT2D eigenvalue weighted by molar-refractivity contribution is 0.559. The molecule has 0 atom stereocenters. The van der Waals surface area contributed by atoms with Crippen molar-refractivity contribution in [3.05, 3.63) is 27.7 Å². The van der Waals surface area contributed by atoms with Crippen LogP contribution < -0.4 is 5.14 Å². The topological polar surface area (TPSA) is 90.9 Å². The number of rotatable bonds is 4. The Kier molecular flexibility index (Phi) is 4.48. The summed E-state index contributed by atoms with van der Waals surface area (Å²) in [6, 6.07) is 5.23. The summed E-state index contributed by atoms with van der Waals surface area (Å²) in [6.07, 6.45) is 0.720. The Balaban J connectivity index is 2.62. The Labute approximate surface area is 130 Å². The fourth-order valence-corrected chi connectivity index (χ4v) is 2.84. The SMILES string of the molecule is CCCn1c(-c2ccc(Br)c(Cl)c2)nnc1S(N)(=O)=O. The minimum Gasteiger partial charge on any atom is -0.297 e. The minimum atomic E-state index is -3.91. The van der Waals surface area contributed by atoms with Gasteiger partial charge in [0.15, 0.2) is 5.82 Å². The van der Waals surface area contributed by atoms with E-state index in [4.69, 9.17) is 16.7 Å². The third-order valence-electron chi connectivity index (χ3n) is 2.60. The smallest absolute Gasteiger partial charge is 0.273 e. The van der Waals surface area contributed by atoms with Gasteiger partial charge >= 0.3 is 0 Å². The zero-order chi connectivity index (χ0) is 14.9. The number of nitrogens with two attached hydrogens (primary N) is 1. The van der Waals surface area contributed by atoms with Crippen LogP contribution >= 0.6 is 27.5 Å². The summed E-state index contributed by atoms with van der Waals surface area (Å²) in [5, 5.41) is 13.0. The van der Waals surface area contributed by atoms with Crippen LogP contribution in [0.4, 0.5) is 0 Å². The number of sulfonamides is 1. The zero-order valence-corrected chi connectivity index (χ0v) is 13.7. The lowest BCUT2D eigenvalue weighted by atomic mass is 10.2. The Morgan fingerprint density at radius 1 is 1.40 bits per heavy atom. The molecule has 0 fully saturated rings. The first-order valence-corrected chi connectivity index (χ1v) is 8.47. The first-order chi connectivity index (χ1) is 9.34. The predicted octanol–water partition coefficient (Wildman–Crippen LogP) is 2.42. The van der Waals surface area contributed by atoms with Crippen molar-refractivity contribution < 1.29 is 8.42 Å². The highest BCUT2D eigenvalue weighted by Gasteiger charge is 2.21. The number of benzene rings is 1. The first-order valence-electron chi connectivity index (χ1n) is 5.76. The molecule has 2 N–H and O–H groups in total. The number of hydrogen-bond donors (Lipinski definition) is 1. The van der Waals surface area contributed by atoms with E-state index in [9.17, 15) is 8.42 Å². The van der Waals surface area contributed by atoms with Crippen LogP contribution in [0.5, 0.6) is 0 Å². The van der Waals surface area contributed by atoms with Crippen LogP contribution in [-0.2, 0) is 16.6 Å². The third kappa shape index (κ3) is 3.03. The van der Waals surface area contributed by atoms with Gasteiger partial charge in [-0.3, -0.25) is 4.57 Å². The maximum atomic E-state index is 11.5. The molecule has 0 aliphatic rings. The fraction of sp³-hybridized carbons (Fsp3) is 0.273. The molecule has 2 rings (SSSR count). The van der Waals surface area contributed by atoms with Crippen LogP contribution in [0.15, 0.2) is 27.8 Å². The monoisotopic (exact) mass is 378 g/mol. The number of primary sulfonamides is 1. The summed E-state index contributed by atoms with van der Waals surface area (Å²) >= 11 is 9.34. The molecule has 0 amide bonds. The summed E-state index contributed by atoms with van der Waals surface area (Å²) in [5.74, 6) is 0.422. The van der Waals surface area contributed by atoms with Crippen LogP contribution in [0.1, 0.15) is 13.3 Å². The summed E-state index contributed by atoms with van der Waals surface area (Å²) < 4.78 is 25.3. The van der Waals surface area contributed by atoms with Crippen molar-refractivity contribution in [3.8, 4) is 11.4 Å². The quantitative estimate of drug-likeness (QED) is 0.883. The fourth-order valence-electron chi connectivity index (χ4n) is 1.77. The van der Waals surface area contributed by atoms with Crippen molar-refractivity contribution in [2.45, 2.75) is 25.0 Å². The minimum absolute atomic E-state index is 0.242. The number of aromatic nitrogens is 3. The molecular formula is C11H12BrClN4O2S. The maximum Gasteiger partial charge on any atom is 0.273 e. The Hall–Kier alpha value is -0.960. The molecule has 9 heteroatoms. The predicted molar refractivity (Wildman–Crippen MR) is 79.8 cm³/mol. The molecule has 1 aromatic heterocycles. The van der Waals surface area contributed by atoms with Crippen molar-refractivity contribution in [3.63, 3.8) is 0 Å². The maximum absolute atomic E-state index is 11.5. The van der Waals surface area contributed by atoms with Gasteiger partial charge in [-0.15, -0.1) is 10.2 Å². The second kappa shape index (κ2) is 5.80. The molecule has 0 saturated carbocycles. The van der Waals surface area contributed by atoms with Crippen molar-refractivity contribution >= 4 is 37.6 Å². The third-order valence-corrected chi connectivity index (χ3v) is 4.64. The van der Waals surface area contributed by atoms with Crippen molar-refractivity contribution in [2.75, 3.05) is 0 Å². The van der Waals surface area contributed by atoms with Gasteiger partial charge in [0.05, 0.1) is 5.02 Å². The first kappa shape index (κ1) is 15.4. The van der Waals surface area contributed by atoms with E-state index in [2.05, 4.69) is 26.1 Å². The summed E-state index contributed by atoms with van der Waals surface area (Å²) in [5.41, 5.74) is 0.675. The lowest BCUT2D eigenvalue weighted by Crippen LogP contribution is -2.19. The molecule has 1 aromatic carbocycles. The van der Waals surface area contributed by atoms with Gasteiger partial charge in [0.2, 0.25) is 0 Å². The molecule has 0 spiro atoms. The van der Waals surface area contributed by atoms with Crippen LogP contribution in [-0.4, -0.2) is 23.2 Å². The second-order valence-corrected chi connectivity index (χ2v) is 6.85. The number of nitrogens with zero attached hydrogens (tertiary/aromatic N) is 3. The summed E-state index contributed by atoms with van der Waals surface area (Å²) in [4.78, 5) is 0. The molecule has 108 valence electrons. The standard InChI is InChI=1S/C11H12BrClN4O2S/c1-2-5-17-10(15-16-11(17)20(14,18)19)7-3-4-8(12)9(13)6-7/h3-4,6H,2,5H2,1H3,(H2,14,18,19). The average molecular weight is 380 g/mol. The highest BCUT2D eigenvalue weighted by molar-refractivity contribution is 9.10. The molecule has 0 unspecified atom stereocenters. The molecule has 1 heterocycles. The van der Waals surface area contributed by atoms with E-state index in [1.165, 1.54) is 4.57 Å². The highest BCUT2D eigenvalue weighted by atomic mass is 79.9. The van der Waals surface area contributed by atoms with E-state index >= 15 is 0 Å². The molecule has 2 aromatic rings. The Morgan fingerprint density at radius 3 is 2.65 bits per heavy atom. The molecule has 0 saturated heterocycles. The van der Waals surface area contributed by atoms with E-state index in [1.54, 1.807) is 18.2 Å². The molecule has 0 aliphatic carbocycles. The van der Waals surface area contributed by atoms with Crippen LogP contribution in [0.2, 0.25) is 5.02 Å². The van der Waals surface area contributed by atoms with Gasteiger partial charge in [0.1, 0.15) is 0 Å². The molecule has 0 aliphatic heterocycles. The van der Waals surface area contributed by atoms with Gasteiger partial charge in [-0.1, -0.05) is 18.5 Å². The van der Waals surface area contributed by atoms with E-state index in [1.807, 2.05) is 6.92 Å². The molecule has 6 nitrogen and oxygen atoms in total. The van der Waals surface area contributed by atoms with Gasteiger partial charge < -0.3 is 0 Å². The van der Waals surface area contributed by atoms with Crippen molar-refractivity contribution in [1.29, 1.82) is 0 Å². The largest absolute Gasteiger partial charge is 0.297 e. The van der Waals surface area contributed by atoms with Gasteiger partial charge in [-0.25, -0.2) is 13.6 Å². The molecule has 0 radical (unpaired) electrons. The Bertz CT molecular complexity index is 745. The second-order valence-electron chi connectivity index (χ2n) is 4.13. The van der Waals surface area contributed by atoms with Crippen LogP contribution in [0.25, 0.3) is 11.4 Å². The molecule has 0 bridgehead atoms. The van der Waals surface area contributed by atoms with Crippen LogP contribution in [0.3, 0.4) is 0 Å². The number of halogens is 2. The average Bonchev–Trinajstić information content (AvgIpc) is 2.77. The van der Waals surface area contributed by atoms with Crippen molar-refractivity contribution in [2.24, 2.45) is 5.14 Å². The van der Waals surface area contributed by atoms with Crippen LogP contribution in [0, 0.1) is 0 Å². The molecular weight excluding hydrogens is 368 g/mol. The van der Waals surface area contributed by atoms with E-state index < -0.39 is 10.0 Å². The zero-order valence-electron chi connectivity index (χ0n) is 10.5. The summed E-state index contributed by atoms with van der Waals surface area (Å²) in [6.45, 7) is 2.37. The summed E-state index contributed by atoms with van der Waals surface area (Å²) in [7, 11) is -3.91. The molecule has 20 heavy (non-hydrogen) atoms. The van der Waals surface area contributed by atoms with E-state index in [-0.39, 0.29) is 5.16 Å². The van der Waals surface area contributed by atoms with Gasteiger partial charge in [-0.2, -0.15) is 0 Å². The van der Waals surface area contributed by atoms with E-state index in [0.29, 0.717) is 23.0 Å². The normalized spacial score (nSPS) is 11.8. The van der Waals surface area contributed by atoms with Crippen molar-refractivity contribution in [1.82, 2.24) is 14.8 Å².